The van der Waals surface area contributed by atoms with E-state index in [0.29, 0.717) is 23.9 Å². The van der Waals surface area contributed by atoms with Gasteiger partial charge in [0.25, 0.3) is 0 Å². The predicted molar refractivity (Wildman–Crippen MR) is 404 cm³/mol. The van der Waals surface area contributed by atoms with E-state index in [9.17, 15) is 19.0 Å². The summed E-state index contributed by atoms with van der Waals surface area (Å²) in [6, 6.07) is 0. The molecule has 0 aromatic carbocycles. The number of phosphoric acid groups is 1. The number of ether oxygens (including phenoxy) is 2. The van der Waals surface area contributed by atoms with Gasteiger partial charge in [0, 0.05) is 12.8 Å². The molecule has 0 heterocycles. The molecule has 0 aliphatic heterocycles. The molecular formula is C83H155NO8P+. The van der Waals surface area contributed by atoms with Gasteiger partial charge in [-0.3, -0.25) is 18.6 Å². The van der Waals surface area contributed by atoms with Crippen molar-refractivity contribution in [2.75, 3.05) is 47.5 Å². The Morgan fingerprint density at radius 2 is 0.613 bits per heavy atom. The number of hydrogen-bond donors (Lipinski definition) is 1. The first kappa shape index (κ1) is 90.5. The van der Waals surface area contributed by atoms with Crippen LogP contribution in [-0.4, -0.2) is 74.9 Å². The number of hydrogen-bond acceptors (Lipinski definition) is 7. The van der Waals surface area contributed by atoms with Crippen LogP contribution in [0.15, 0.2) is 72.9 Å². The van der Waals surface area contributed by atoms with Gasteiger partial charge in [-0.2, -0.15) is 0 Å². The molecule has 0 aliphatic carbocycles. The van der Waals surface area contributed by atoms with E-state index in [4.69, 9.17) is 18.5 Å². The lowest BCUT2D eigenvalue weighted by Crippen LogP contribution is -2.37. The number of allylic oxidation sites excluding steroid dienone is 12. The molecule has 0 spiro atoms. The van der Waals surface area contributed by atoms with Crippen LogP contribution in [0.5, 0.6) is 0 Å². The summed E-state index contributed by atoms with van der Waals surface area (Å²) in [6.45, 7) is 4.37. The van der Waals surface area contributed by atoms with Crippen molar-refractivity contribution >= 4 is 19.8 Å². The lowest BCUT2D eigenvalue weighted by Gasteiger charge is -2.24. The summed E-state index contributed by atoms with van der Waals surface area (Å²) < 4.78 is 34.8. The van der Waals surface area contributed by atoms with Crippen LogP contribution in [0.4, 0.5) is 0 Å². The average Bonchev–Trinajstić information content (AvgIpc) is 2.61. The van der Waals surface area contributed by atoms with E-state index in [-0.39, 0.29) is 25.6 Å². The molecule has 0 aromatic rings. The standard InChI is InChI=1S/C83H154NO8P/c1-6-8-10-12-14-16-18-20-22-24-26-28-30-32-34-36-37-38-39-40-41-42-43-44-45-46-48-49-51-53-55-57-59-61-63-65-67-69-71-73-75-82(85)89-79-81(80-91-93(87,88)90-78-77-84(3,4)5)92-83(86)76-74-72-70-68-66-64-62-60-58-56-54-52-50-47-35-33-31-29-27-25-23-21-19-17-15-13-11-9-7-2/h9,11,15,17,21,23,27,29,33,35,50,52,81H,6-8,10,12-14,16,18-20,22,24-26,28,30-32,34,36-49,51,53-80H2,1-5H3/p+1/b11-9-,17-15-,23-21-,29-27-,35-33-,52-50-. The quantitative estimate of drug-likeness (QED) is 0.0211. The molecule has 93 heavy (non-hydrogen) atoms. The molecule has 9 nitrogen and oxygen atoms in total. The lowest BCUT2D eigenvalue weighted by atomic mass is 10.0. The number of carbonyl (C=O) groups is 2. The highest BCUT2D eigenvalue weighted by molar-refractivity contribution is 7.47. The van der Waals surface area contributed by atoms with E-state index in [1.807, 2.05) is 21.1 Å². The maximum atomic E-state index is 12.9. The molecule has 0 aliphatic rings. The average molecular weight is 1330 g/mol. The third-order valence-electron chi connectivity index (χ3n) is 18.0. The van der Waals surface area contributed by atoms with Gasteiger partial charge in [0.05, 0.1) is 27.7 Å². The van der Waals surface area contributed by atoms with Gasteiger partial charge in [-0.05, 0) is 64.2 Å². The Bertz CT molecular complexity index is 1800. The van der Waals surface area contributed by atoms with Crippen LogP contribution < -0.4 is 0 Å². The van der Waals surface area contributed by atoms with Gasteiger partial charge in [0.2, 0.25) is 0 Å². The second-order valence-corrected chi connectivity index (χ2v) is 29.9. The topological polar surface area (TPSA) is 108 Å². The molecule has 0 bridgehead atoms. The fourth-order valence-electron chi connectivity index (χ4n) is 11.9. The Morgan fingerprint density at radius 1 is 0.344 bits per heavy atom. The van der Waals surface area contributed by atoms with Crippen molar-refractivity contribution in [3.8, 4) is 0 Å². The normalized spacial score (nSPS) is 13.4. The molecule has 2 atom stereocenters. The number of likely N-dealkylation sites (N-methyl/N-ethyl adjacent to an activating group) is 1. The molecule has 0 radical (unpaired) electrons. The number of unbranched alkanes of at least 4 members (excludes halogenated alkanes) is 49. The van der Waals surface area contributed by atoms with Crippen LogP contribution in [0.3, 0.4) is 0 Å². The van der Waals surface area contributed by atoms with Crippen LogP contribution in [-0.2, 0) is 32.7 Å². The first-order chi connectivity index (χ1) is 45.5. The SMILES string of the molecule is CC/C=C\C/C=C\C/C=C\C/C=C\C/C=C\C/C=C\CCCCCCCCCCCCC(=O)OC(COC(=O)CCCCCCCCCCCCCCCCCCCCCCCCCCCCCCCCCCCCCCCCCC)COP(=O)(O)OCC[N+](C)(C)C. The van der Waals surface area contributed by atoms with Crippen molar-refractivity contribution in [3.05, 3.63) is 72.9 Å². The Balaban J connectivity index is 3.91. The minimum absolute atomic E-state index is 0.0300. The summed E-state index contributed by atoms with van der Waals surface area (Å²) in [7, 11) is 1.48. The van der Waals surface area contributed by atoms with Crippen LogP contribution >= 0.6 is 7.82 Å². The van der Waals surface area contributed by atoms with Crippen molar-refractivity contribution in [2.24, 2.45) is 0 Å². The highest BCUT2D eigenvalue weighted by Gasteiger charge is 2.27. The first-order valence-electron chi connectivity index (χ1n) is 40.2. The van der Waals surface area contributed by atoms with Gasteiger partial charge in [-0.15, -0.1) is 0 Å². The summed E-state index contributed by atoms with van der Waals surface area (Å²) >= 11 is 0. The lowest BCUT2D eigenvalue weighted by molar-refractivity contribution is -0.870. The van der Waals surface area contributed by atoms with E-state index in [2.05, 4.69) is 86.8 Å². The zero-order chi connectivity index (χ0) is 67.6. The number of nitrogens with zero attached hydrogens (tertiary/aromatic N) is 1. The van der Waals surface area contributed by atoms with E-state index >= 15 is 0 Å². The number of phosphoric ester groups is 1. The largest absolute Gasteiger partial charge is 0.472 e. The summed E-state index contributed by atoms with van der Waals surface area (Å²) in [5.74, 6) is -0.787. The summed E-state index contributed by atoms with van der Waals surface area (Å²) in [4.78, 5) is 36.0. The molecule has 544 valence electrons. The van der Waals surface area contributed by atoms with Crippen LogP contribution in [0.25, 0.3) is 0 Å². The number of carbonyl (C=O) groups excluding carboxylic acids is 2. The predicted octanol–water partition coefficient (Wildman–Crippen LogP) is 26.7. The molecule has 2 unspecified atom stereocenters. The molecule has 0 amide bonds. The number of esters is 2. The van der Waals surface area contributed by atoms with Crippen LogP contribution in [0.2, 0.25) is 0 Å². The van der Waals surface area contributed by atoms with Crippen molar-refractivity contribution in [2.45, 2.75) is 399 Å². The van der Waals surface area contributed by atoms with Crippen LogP contribution in [0.1, 0.15) is 393 Å². The second-order valence-electron chi connectivity index (χ2n) is 28.4. The zero-order valence-corrected chi connectivity index (χ0v) is 63.1. The van der Waals surface area contributed by atoms with Crippen molar-refractivity contribution in [1.29, 1.82) is 0 Å². The molecule has 0 rings (SSSR count). The van der Waals surface area contributed by atoms with Gasteiger partial charge in [0.1, 0.15) is 19.8 Å². The van der Waals surface area contributed by atoms with Gasteiger partial charge >= 0.3 is 19.8 Å². The molecule has 0 aromatic heterocycles. The Morgan fingerprint density at radius 3 is 0.914 bits per heavy atom. The number of rotatable bonds is 75. The molecule has 10 heteroatoms. The maximum absolute atomic E-state index is 12.9. The van der Waals surface area contributed by atoms with Gasteiger partial charge in [-0.25, -0.2) is 4.57 Å². The highest BCUT2D eigenvalue weighted by Crippen LogP contribution is 2.43. The Hall–Kier alpha value is -2.55. The van der Waals surface area contributed by atoms with Gasteiger partial charge in [-0.1, -0.05) is 389 Å². The van der Waals surface area contributed by atoms with Crippen LogP contribution in [0, 0.1) is 0 Å². The van der Waals surface area contributed by atoms with E-state index < -0.39 is 26.5 Å². The van der Waals surface area contributed by atoms with Crippen molar-refractivity contribution in [1.82, 2.24) is 0 Å². The molecule has 0 saturated heterocycles. The van der Waals surface area contributed by atoms with Crippen molar-refractivity contribution in [3.63, 3.8) is 0 Å². The van der Waals surface area contributed by atoms with Crippen molar-refractivity contribution < 1.29 is 42.1 Å². The third kappa shape index (κ3) is 78.3. The third-order valence-corrected chi connectivity index (χ3v) is 19.0. The summed E-state index contributed by atoms with van der Waals surface area (Å²) in [6.07, 6.45) is 101. The van der Waals surface area contributed by atoms with Gasteiger partial charge in [0.15, 0.2) is 6.10 Å². The van der Waals surface area contributed by atoms with E-state index in [0.717, 1.165) is 83.5 Å². The maximum Gasteiger partial charge on any atom is 0.472 e. The fourth-order valence-corrected chi connectivity index (χ4v) is 12.7. The minimum atomic E-state index is -4.40. The molecule has 0 fully saturated rings. The van der Waals surface area contributed by atoms with E-state index in [1.54, 1.807) is 0 Å². The van der Waals surface area contributed by atoms with Gasteiger partial charge < -0.3 is 18.9 Å². The van der Waals surface area contributed by atoms with E-state index in [1.165, 1.54) is 276 Å². The highest BCUT2D eigenvalue weighted by atomic mass is 31.2. The monoisotopic (exact) mass is 1330 g/mol. The summed E-state index contributed by atoms with van der Waals surface area (Å²) in [5.41, 5.74) is 0. The Kier molecular flexibility index (Phi) is 71.7. The number of quaternary nitrogens is 1. The fraction of sp³-hybridized carbons (Fsp3) is 0.831. The molecule has 0 saturated carbocycles. The minimum Gasteiger partial charge on any atom is -0.462 e. The smallest absolute Gasteiger partial charge is 0.462 e. The Labute approximate surface area is 578 Å². The molecule has 1 N–H and O–H groups in total. The first-order valence-corrected chi connectivity index (χ1v) is 41.7. The molecular weight excluding hydrogens is 1170 g/mol. The second kappa shape index (κ2) is 73.7. The summed E-state index contributed by atoms with van der Waals surface area (Å²) in [5, 5.41) is 0. The zero-order valence-electron chi connectivity index (χ0n) is 62.3.